The first-order valence-corrected chi connectivity index (χ1v) is 8.71. The van der Waals surface area contributed by atoms with Gasteiger partial charge in [0.1, 0.15) is 5.82 Å². The Morgan fingerprint density at radius 1 is 1.12 bits per heavy atom. The zero-order chi connectivity index (χ0) is 18.0. The largest absolute Gasteiger partial charge is 0.336 e. The molecule has 3 rings (SSSR count). The lowest BCUT2D eigenvalue weighted by molar-refractivity contribution is -0.132. The number of amides is 1. The van der Waals surface area contributed by atoms with Gasteiger partial charge in [-0.1, -0.05) is 36.4 Å². The summed E-state index contributed by atoms with van der Waals surface area (Å²) in [7, 11) is 2.01. The minimum atomic E-state index is 0.144. The van der Waals surface area contributed by atoms with Crippen LogP contribution in [0.25, 0.3) is 11.0 Å². The van der Waals surface area contributed by atoms with Crippen molar-refractivity contribution in [1.29, 1.82) is 0 Å². The summed E-state index contributed by atoms with van der Waals surface area (Å²) in [6.07, 6.45) is 0.399. The van der Waals surface area contributed by atoms with E-state index in [4.69, 9.17) is 0 Å². The minimum absolute atomic E-state index is 0.144. The Morgan fingerprint density at radius 2 is 1.84 bits per heavy atom. The second-order valence-corrected chi connectivity index (χ2v) is 6.82. The van der Waals surface area contributed by atoms with Crippen LogP contribution in [-0.2, 0) is 24.8 Å². The van der Waals surface area contributed by atoms with Crippen LogP contribution in [0.15, 0.2) is 48.5 Å². The number of nitrogens with zero attached hydrogens (tertiary/aromatic N) is 3. The van der Waals surface area contributed by atoms with Crippen molar-refractivity contribution in [2.75, 3.05) is 0 Å². The van der Waals surface area contributed by atoms with E-state index in [1.807, 2.05) is 49.2 Å². The monoisotopic (exact) mass is 335 g/mol. The zero-order valence-electron chi connectivity index (χ0n) is 15.4. The van der Waals surface area contributed by atoms with Crippen LogP contribution >= 0.6 is 0 Å². The molecule has 1 heterocycles. The van der Waals surface area contributed by atoms with Crippen molar-refractivity contribution in [3.05, 3.63) is 65.5 Å². The summed E-state index contributed by atoms with van der Waals surface area (Å²) < 4.78 is 2.07. The third-order valence-corrected chi connectivity index (χ3v) is 4.66. The topological polar surface area (TPSA) is 38.1 Å². The van der Waals surface area contributed by atoms with Crippen LogP contribution in [0.5, 0.6) is 0 Å². The van der Waals surface area contributed by atoms with Crippen molar-refractivity contribution in [3.8, 4) is 0 Å². The Balaban J connectivity index is 1.79. The molecule has 1 amide bonds. The molecule has 2 aromatic carbocycles. The molecule has 4 nitrogen and oxygen atoms in total. The maximum atomic E-state index is 12.9. The number of fused-ring (bicyclic) bond motifs is 1. The third kappa shape index (κ3) is 3.73. The van der Waals surface area contributed by atoms with E-state index in [1.165, 1.54) is 0 Å². The quantitative estimate of drug-likeness (QED) is 0.710. The lowest BCUT2D eigenvalue weighted by Gasteiger charge is -2.27. The average molecular weight is 335 g/mol. The van der Waals surface area contributed by atoms with Gasteiger partial charge >= 0.3 is 0 Å². The number of hydrogen-bond donors (Lipinski definition) is 0. The maximum absolute atomic E-state index is 12.9. The Hall–Kier alpha value is -2.62. The molecule has 0 aliphatic carbocycles. The number of hydrogen-bond acceptors (Lipinski definition) is 2. The predicted octanol–water partition coefficient (Wildman–Crippen LogP) is 3.86. The molecule has 1 aromatic heterocycles. The Morgan fingerprint density at radius 3 is 2.52 bits per heavy atom. The van der Waals surface area contributed by atoms with Gasteiger partial charge < -0.3 is 9.47 Å². The van der Waals surface area contributed by atoms with Gasteiger partial charge in [0.2, 0.25) is 5.91 Å². The van der Waals surface area contributed by atoms with Gasteiger partial charge in [-0.15, -0.1) is 0 Å². The van der Waals surface area contributed by atoms with Crippen LogP contribution < -0.4 is 0 Å². The highest BCUT2D eigenvalue weighted by atomic mass is 16.2. The summed E-state index contributed by atoms with van der Waals surface area (Å²) in [5.74, 6) is 1.12. The number of benzene rings is 2. The fourth-order valence-corrected chi connectivity index (χ4v) is 3.09. The molecule has 0 bridgehead atoms. The van der Waals surface area contributed by atoms with E-state index in [2.05, 4.69) is 41.6 Å². The van der Waals surface area contributed by atoms with Crippen LogP contribution in [-0.4, -0.2) is 26.4 Å². The smallest absolute Gasteiger partial charge is 0.227 e. The first-order valence-electron chi connectivity index (χ1n) is 8.71. The highest BCUT2D eigenvalue weighted by Gasteiger charge is 2.18. The van der Waals surface area contributed by atoms with Gasteiger partial charge in [0.25, 0.3) is 0 Å². The average Bonchev–Trinajstić information content (AvgIpc) is 2.87. The molecule has 0 aliphatic rings. The molecule has 0 radical (unpaired) electrons. The molecule has 4 heteroatoms. The maximum Gasteiger partial charge on any atom is 0.227 e. The van der Waals surface area contributed by atoms with Gasteiger partial charge in [-0.25, -0.2) is 4.98 Å². The van der Waals surface area contributed by atoms with Gasteiger partial charge in [0.05, 0.1) is 17.5 Å². The molecule has 25 heavy (non-hydrogen) atoms. The summed E-state index contributed by atoms with van der Waals surface area (Å²) in [5, 5.41) is 0. The molecular weight excluding hydrogens is 310 g/mol. The van der Waals surface area contributed by atoms with Crippen LogP contribution in [0.4, 0.5) is 0 Å². The lowest BCUT2D eigenvalue weighted by Crippen LogP contribution is -2.37. The van der Waals surface area contributed by atoms with E-state index in [0.717, 1.165) is 28.0 Å². The first-order chi connectivity index (χ1) is 12.0. The van der Waals surface area contributed by atoms with Crippen molar-refractivity contribution in [2.24, 2.45) is 7.05 Å². The van der Waals surface area contributed by atoms with Gasteiger partial charge in [-0.3, -0.25) is 4.79 Å². The SMILES string of the molecule is Cc1nc2cc(CC(=O)N(Cc3ccccc3)C(C)C)ccc2n1C. The second kappa shape index (κ2) is 7.09. The molecule has 0 saturated heterocycles. The number of carbonyl (C=O) groups is 1. The zero-order valence-corrected chi connectivity index (χ0v) is 15.4. The van der Waals surface area contributed by atoms with Gasteiger partial charge in [-0.05, 0) is 44.0 Å². The fourth-order valence-electron chi connectivity index (χ4n) is 3.09. The molecule has 0 fully saturated rings. The summed E-state index contributed by atoms with van der Waals surface area (Å²) in [6.45, 7) is 6.76. The summed E-state index contributed by atoms with van der Waals surface area (Å²) in [5.41, 5.74) is 4.21. The van der Waals surface area contributed by atoms with E-state index in [1.54, 1.807) is 0 Å². The fraction of sp³-hybridized carbons (Fsp3) is 0.333. The number of rotatable bonds is 5. The highest BCUT2D eigenvalue weighted by molar-refractivity contribution is 5.82. The van der Waals surface area contributed by atoms with Crippen molar-refractivity contribution < 1.29 is 4.79 Å². The Kier molecular flexibility index (Phi) is 4.88. The molecule has 0 saturated carbocycles. The van der Waals surface area contributed by atoms with Crippen molar-refractivity contribution >= 4 is 16.9 Å². The van der Waals surface area contributed by atoms with Crippen molar-refractivity contribution in [1.82, 2.24) is 14.5 Å². The molecule has 0 spiro atoms. The van der Waals surface area contributed by atoms with Crippen LogP contribution in [0.1, 0.15) is 30.8 Å². The number of carbonyl (C=O) groups excluding carboxylic acids is 1. The molecule has 0 N–H and O–H groups in total. The first kappa shape index (κ1) is 17.2. The molecule has 0 unspecified atom stereocenters. The summed E-state index contributed by atoms with van der Waals surface area (Å²) in [6, 6.07) is 16.4. The van der Waals surface area contributed by atoms with Crippen LogP contribution in [0.3, 0.4) is 0 Å². The predicted molar refractivity (Wildman–Crippen MR) is 101 cm³/mol. The van der Waals surface area contributed by atoms with Crippen molar-refractivity contribution in [3.63, 3.8) is 0 Å². The van der Waals surface area contributed by atoms with Gasteiger partial charge in [-0.2, -0.15) is 0 Å². The molecule has 3 aromatic rings. The van der Waals surface area contributed by atoms with E-state index in [-0.39, 0.29) is 11.9 Å². The summed E-state index contributed by atoms with van der Waals surface area (Å²) >= 11 is 0. The number of aromatic nitrogens is 2. The summed E-state index contributed by atoms with van der Waals surface area (Å²) in [4.78, 5) is 19.4. The third-order valence-electron chi connectivity index (χ3n) is 4.66. The number of imidazole rings is 1. The lowest BCUT2D eigenvalue weighted by atomic mass is 10.1. The minimum Gasteiger partial charge on any atom is -0.336 e. The van der Waals surface area contributed by atoms with E-state index in [9.17, 15) is 4.79 Å². The van der Waals surface area contributed by atoms with E-state index >= 15 is 0 Å². The van der Waals surface area contributed by atoms with E-state index < -0.39 is 0 Å². The van der Waals surface area contributed by atoms with Crippen LogP contribution in [0.2, 0.25) is 0 Å². The van der Waals surface area contributed by atoms with Crippen LogP contribution in [0, 0.1) is 6.92 Å². The van der Waals surface area contributed by atoms with Crippen molar-refractivity contribution in [2.45, 2.75) is 39.8 Å². The van der Waals surface area contributed by atoms with E-state index in [0.29, 0.717) is 13.0 Å². The number of aryl methyl sites for hydroxylation is 2. The molecule has 0 atom stereocenters. The molecular formula is C21H25N3O. The highest BCUT2D eigenvalue weighted by Crippen LogP contribution is 2.18. The normalized spacial score (nSPS) is 11.2. The molecule has 130 valence electrons. The van der Waals surface area contributed by atoms with Gasteiger partial charge in [0, 0.05) is 19.6 Å². The Bertz CT molecular complexity index is 881. The standard InChI is InChI=1S/C21H25N3O/c1-15(2)24(14-17-8-6-5-7-9-17)21(25)13-18-10-11-20-19(12-18)22-16(3)23(20)4/h5-12,15H,13-14H2,1-4H3. The Labute approximate surface area is 149 Å². The second-order valence-electron chi connectivity index (χ2n) is 6.82. The van der Waals surface area contributed by atoms with Gasteiger partial charge in [0.15, 0.2) is 0 Å². The molecule has 0 aliphatic heterocycles.